The van der Waals surface area contributed by atoms with E-state index in [1.807, 2.05) is 0 Å². The summed E-state index contributed by atoms with van der Waals surface area (Å²) in [5.41, 5.74) is 0. The number of carbonyl (C=O) groups is 1. The van der Waals surface area contributed by atoms with E-state index in [2.05, 4.69) is 0 Å². The summed E-state index contributed by atoms with van der Waals surface area (Å²) < 4.78 is 5.00. The van der Waals surface area contributed by atoms with Gasteiger partial charge >= 0.3 is 5.97 Å². The number of ether oxygens (including phenoxy) is 1. The van der Waals surface area contributed by atoms with Crippen molar-refractivity contribution >= 4 is 40.8 Å². The Morgan fingerprint density at radius 3 is 2.47 bits per heavy atom. The lowest BCUT2D eigenvalue weighted by Crippen LogP contribution is -2.29. The molecule has 0 spiro atoms. The maximum atomic E-state index is 11.4. The molecule has 0 amide bonds. The Kier molecular flexibility index (Phi) is 3.87. The summed E-state index contributed by atoms with van der Waals surface area (Å²) in [5, 5.41) is 0.530. The van der Waals surface area contributed by atoms with E-state index in [-0.39, 0.29) is 10.8 Å². The molecule has 1 aromatic rings. The molecule has 0 heterocycles. The maximum absolute atomic E-state index is 11.4. The van der Waals surface area contributed by atoms with Crippen LogP contribution in [0.3, 0.4) is 0 Å². The molecule has 0 bridgehead atoms. The first-order valence-electron chi connectivity index (χ1n) is 4.17. The van der Waals surface area contributed by atoms with E-state index in [4.69, 9.17) is 39.5 Å². The lowest BCUT2D eigenvalue weighted by molar-refractivity contribution is -0.136. The van der Waals surface area contributed by atoms with Gasteiger partial charge in [0.25, 0.3) is 0 Å². The van der Waals surface area contributed by atoms with Crippen LogP contribution in [-0.2, 0) is 4.79 Å². The Labute approximate surface area is 103 Å². The number of carbonyl (C=O) groups excluding carboxylic acids is 1. The molecule has 0 aliphatic rings. The van der Waals surface area contributed by atoms with Crippen molar-refractivity contribution in [1.29, 1.82) is 0 Å². The molecular formula is C10H9Cl3O2. The van der Waals surface area contributed by atoms with E-state index in [0.29, 0.717) is 5.02 Å². The Bertz CT molecular complexity index is 383. The van der Waals surface area contributed by atoms with Gasteiger partial charge in [0.1, 0.15) is 9.90 Å². The molecule has 0 radical (unpaired) electrons. The Morgan fingerprint density at radius 2 is 1.93 bits per heavy atom. The van der Waals surface area contributed by atoms with Crippen LogP contribution in [-0.4, -0.2) is 10.8 Å². The highest BCUT2D eigenvalue weighted by molar-refractivity contribution is 6.43. The van der Waals surface area contributed by atoms with Gasteiger partial charge in [0.2, 0.25) is 0 Å². The molecular weight excluding hydrogens is 258 g/mol. The van der Waals surface area contributed by atoms with E-state index in [1.165, 1.54) is 13.8 Å². The van der Waals surface area contributed by atoms with E-state index in [1.54, 1.807) is 18.2 Å². The molecule has 0 saturated heterocycles. The van der Waals surface area contributed by atoms with Crippen LogP contribution in [0.25, 0.3) is 0 Å². The number of alkyl halides is 1. The molecule has 0 atom stereocenters. The number of esters is 1. The van der Waals surface area contributed by atoms with Crippen molar-refractivity contribution in [2.45, 2.75) is 18.7 Å². The quantitative estimate of drug-likeness (QED) is 0.461. The SMILES string of the molecule is CC(C)(Cl)C(=O)Oc1cccc(Cl)c1Cl. The van der Waals surface area contributed by atoms with Crippen LogP contribution >= 0.6 is 34.8 Å². The van der Waals surface area contributed by atoms with Crippen LogP contribution in [0, 0.1) is 0 Å². The number of hydrogen-bond acceptors (Lipinski definition) is 2. The number of halogens is 3. The molecule has 0 aliphatic heterocycles. The topological polar surface area (TPSA) is 26.3 Å². The second-order valence-corrected chi connectivity index (χ2v) is 5.14. The predicted molar refractivity (Wildman–Crippen MR) is 62.0 cm³/mol. The van der Waals surface area contributed by atoms with Crippen molar-refractivity contribution in [1.82, 2.24) is 0 Å². The number of hydrogen-bond donors (Lipinski definition) is 0. The highest BCUT2D eigenvalue weighted by Gasteiger charge is 2.27. The summed E-state index contributed by atoms with van der Waals surface area (Å²) in [5.74, 6) is -0.365. The zero-order chi connectivity index (χ0) is 11.6. The zero-order valence-corrected chi connectivity index (χ0v) is 10.5. The maximum Gasteiger partial charge on any atom is 0.332 e. The minimum absolute atomic E-state index is 0.202. The van der Waals surface area contributed by atoms with Gasteiger partial charge in [0.05, 0.1) is 5.02 Å². The Morgan fingerprint density at radius 1 is 1.33 bits per heavy atom. The Hall–Kier alpha value is -0.440. The van der Waals surface area contributed by atoms with E-state index in [0.717, 1.165) is 0 Å². The van der Waals surface area contributed by atoms with Gasteiger partial charge in [-0.15, -0.1) is 11.6 Å². The predicted octanol–water partition coefficient (Wildman–Crippen LogP) is 3.92. The third kappa shape index (κ3) is 3.26. The summed E-state index contributed by atoms with van der Waals surface area (Å²) in [6, 6.07) is 4.79. The van der Waals surface area contributed by atoms with Crippen molar-refractivity contribution in [3.63, 3.8) is 0 Å². The van der Waals surface area contributed by atoms with Gasteiger partial charge in [0.15, 0.2) is 5.75 Å². The summed E-state index contributed by atoms with van der Waals surface area (Å²) >= 11 is 17.4. The third-order valence-corrected chi connectivity index (χ3v) is 2.56. The average Bonchev–Trinajstić information content (AvgIpc) is 2.11. The van der Waals surface area contributed by atoms with E-state index >= 15 is 0 Å². The van der Waals surface area contributed by atoms with Gasteiger partial charge in [-0.25, -0.2) is 4.79 Å². The van der Waals surface area contributed by atoms with Gasteiger partial charge in [-0.05, 0) is 26.0 Å². The molecule has 2 nitrogen and oxygen atoms in total. The van der Waals surface area contributed by atoms with Crippen LogP contribution in [0.4, 0.5) is 0 Å². The molecule has 15 heavy (non-hydrogen) atoms. The summed E-state index contributed by atoms with van der Waals surface area (Å²) in [6.45, 7) is 3.07. The standard InChI is InChI=1S/C10H9Cl3O2/c1-10(2,13)9(14)15-7-5-3-4-6(11)8(7)12/h3-5H,1-2H3. The van der Waals surface area contributed by atoms with Crippen molar-refractivity contribution in [3.05, 3.63) is 28.2 Å². The monoisotopic (exact) mass is 266 g/mol. The lowest BCUT2D eigenvalue weighted by atomic mass is 10.2. The largest absolute Gasteiger partial charge is 0.424 e. The number of benzene rings is 1. The zero-order valence-electron chi connectivity index (χ0n) is 8.18. The van der Waals surface area contributed by atoms with Crippen molar-refractivity contribution in [2.24, 2.45) is 0 Å². The molecule has 82 valence electrons. The van der Waals surface area contributed by atoms with Gasteiger partial charge in [-0.3, -0.25) is 0 Å². The van der Waals surface area contributed by atoms with E-state index < -0.39 is 10.8 Å². The molecule has 0 aromatic heterocycles. The molecule has 0 aliphatic carbocycles. The van der Waals surface area contributed by atoms with Gasteiger partial charge in [0, 0.05) is 0 Å². The molecule has 1 rings (SSSR count). The van der Waals surface area contributed by atoms with E-state index in [9.17, 15) is 4.79 Å². The van der Waals surface area contributed by atoms with Crippen LogP contribution in [0.15, 0.2) is 18.2 Å². The first-order valence-corrected chi connectivity index (χ1v) is 5.31. The third-order valence-electron chi connectivity index (χ3n) is 1.60. The first-order chi connectivity index (χ1) is 6.82. The fraction of sp³-hybridized carbons (Fsp3) is 0.300. The van der Waals surface area contributed by atoms with Gasteiger partial charge < -0.3 is 4.74 Å². The normalized spacial score (nSPS) is 11.3. The van der Waals surface area contributed by atoms with Crippen LogP contribution in [0.2, 0.25) is 10.0 Å². The van der Waals surface area contributed by atoms with Crippen LogP contribution < -0.4 is 4.74 Å². The van der Waals surface area contributed by atoms with Crippen LogP contribution in [0.5, 0.6) is 5.75 Å². The smallest absolute Gasteiger partial charge is 0.332 e. The second-order valence-electron chi connectivity index (χ2n) is 3.41. The van der Waals surface area contributed by atoms with Crippen LogP contribution in [0.1, 0.15) is 13.8 Å². The highest BCUT2D eigenvalue weighted by Crippen LogP contribution is 2.32. The second kappa shape index (κ2) is 4.60. The lowest BCUT2D eigenvalue weighted by Gasteiger charge is -2.14. The highest BCUT2D eigenvalue weighted by atomic mass is 35.5. The van der Waals surface area contributed by atoms with Crippen molar-refractivity contribution in [3.8, 4) is 5.75 Å². The Balaban J connectivity index is 2.91. The summed E-state index contributed by atoms with van der Waals surface area (Å²) in [4.78, 5) is 10.3. The summed E-state index contributed by atoms with van der Waals surface area (Å²) in [7, 11) is 0. The molecule has 0 fully saturated rings. The fourth-order valence-electron chi connectivity index (χ4n) is 0.784. The fourth-order valence-corrected chi connectivity index (χ4v) is 1.15. The minimum atomic E-state index is -1.09. The summed E-state index contributed by atoms with van der Waals surface area (Å²) in [6.07, 6.45) is 0. The van der Waals surface area contributed by atoms with Gasteiger partial charge in [-0.2, -0.15) is 0 Å². The molecule has 0 saturated carbocycles. The van der Waals surface area contributed by atoms with Gasteiger partial charge in [-0.1, -0.05) is 29.3 Å². The van der Waals surface area contributed by atoms with Crippen molar-refractivity contribution < 1.29 is 9.53 Å². The van der Waals surface area contributed by atoms with Crippen molar-refractivity contribution in [2.75, 3.05) is 0 Å². The molecule has 1 aromatic carbocycles. The number of rotatable bonds is 2. The molecule has 5 heteroatoms. The molecule has 0 N–H and O–H groups in total. The minimum Gasteiger partial charge on any atom is -0.424 e. The average molecular weight is 268 g/mol. The molecule has 0 unspecified atom stereocenters. The first kappa shape index (κ1) is 12.6.